The molecular formula is C21H30F3N7O5. The van der Waals surface area contributed by atoms with Gasteiger partial charge >= 0.3 is 12.1 Å². The summed E-state index contributed by atoms with van der Waals surface area (Å²) in [6.45, 7) is -1.04. The van der Waals surface area contributed by atoms with E-state index in [0.717, 1.165) is 5.56 Å². The molecule has 0 unspecified atom stereocenters. The summed E-state index contributed by atoms with van der Waals surface area (Å²) in [5.74, 6) is -5.32. The van der Waals surface area contributed by atoms with Crippen LogP contribution in [0.15, 0.2) is 35.3 Å². The fraction of sp³-hybridized carbons (Fsp3) is 0.476. The van der Waals surface area contributed by atoms with E-state index in [-0.39, 0.29) is 25.5 Å². The van der Waals surface area contributed by atoms with Crippen molar-refractivity contribution in [3.8, 4) is 0 Å². The second-order valence-corrected chi connectivity index (χ2v) is 7.81. The highest BCUT2D eigenvalue weighted by atomic mass is 19.4. The minimum absolute atomic E-state index is 0.146. The Morgan fingerprint density at radius 1 is 1.06 bits per heavy atom. The number of halogens is 3. The molecule has 2 atom stereocenters. The van der Waals surface area contributed by atoms with E-state index in [2.05, 4.69) is 15.6 Å². The minimum atomic E-state index is -5.16. The van der Waals surface area contributed by atoms with Crippen molar-refractivity contribution in [2.75, 3.05) is 19.6 Å². The molecule has 36 heavy (non-hydrogen) atoms. The molecule has 0 aromatic heterocycles. The predicted molar refractivity (Wildman–Crippen MR) is 123 cm³/mol. The number of nitrogens with two attached hydrogens (primary N) is 3. The van der Waals surface area contributed by atoms with Gasteiger partial charge in [0.1, 0.15) is 6.04 Å². The van der Waals surface area contributed by atoms with Crippen molar-refractivity contribution < 1.29 is 37.5 Å². The van der Waals surface area contributed by atoms with Crippen LogP contribution in [-0.2, 0) is 25.6 Å². The monoisotopic (exact) mass is 517 g/mol. The van der Waals surface area contributed by atoms with Crippen molar-refractivity contribution in [1.82, 2.24) is 16.0 Å². The number of hydrogen-bond donors (Lipinski definition) is 7. The number of nitrogens with zero attached hydrogens (tertiary/aromatic N) is 1. The summed E-state index contributed by atoms with van der Waals surface area (Å²) in [5.41, 5.74) is 13.1. The van der Waals surface area contributed by atoms with Crippen LogP contribution in [0.25, 0.3) is 0 Å². The van der Waals surface area contributed by atoms with Crippen LogP contribution in [0.2, 0.25) is 0 Å². The Kier molecular flexibility index (Phi) is 11.6. The molecule has 1 aromatic rings. The van der Waals surface area contributed by atoms with Crippen molar-refractivity contribution in [2.24, 2.45) is 22.2 Å². The second kappa shape index (κ2) is 13.9. The summed E-state index contributed by atoms with van der Waals surface area (Å²) < 4.78 is 40.4. The summed E-state index contributed by atoms with van der Waals surface area (Å²) >= 11 is 0. The van der Waals surface area contributed by atoms with Gasteiger partial charge in [0, 0.05) is 13.1 Å². The van der Waals surface area contributed by atoms with Crippen LogP contribution in [0.1, 0.15) is 24.8 Å². The number of hydrogen-bond acceptors (Lipinski definition) is 6. The van der Waals surface area contributed by atoms with Gasteiger partial charge in [-0.2, -0.15) is 13.2 Å². The molecule has 0 heterocycles. The number of aliphatic carboxylic acids is 1. The third-order valence-corrected chi connectivity index (χ3v) is 4.93. The smallest absolute Gasteiger partial charge is 0.415 e. The summed E-state index contributed by atoms with van der Waals surface area (Å²) in [4.78, 5) is 51.4. The van der Waals surface area contributed by atoms with Crippen LogP contribution in [0.3, 0.4) is 0 Å². The highest BCUT2D eigenvalue weighted by Crippen LogP contribution is 2.32. The van der Waals surface area contributed by atoms with E-state index in [1.54, 1.807) is 17.4 Å². The molecule has 3 amide bonds. The number of carbonyl (C=O) groups is 4. The summed E-state index contributed by atoms with van der Waals surface area (Å²) in [6.07, 6.45) is -6.65. The number of rotatable bonds is 14. The van der Waals surface area contributed by atoms with Gasteiger partial charge in [0.15, 0.2) is 11.5 Å². The highest BCUT2D eigenvalue weighted by Gasteiger charge is 2.57. The molecule has 0 fully saturated rings. The van der Waals surface area contributed by atoms with Gasteiger partial charge in [0.25, 0.3) is 0 Å². The summed E-state index contributed by atoms with van der Waals surface area (Å²) in [6, 6.07) is 7.55. The predicted octanol–water partition coefficient (Wildman–Crippen LogP) is -1.27. The van der Waals surface area contributed by atoms with Crippen LogP contribution in [-0.4, -0.2) is 72.1 Å². The first-order valence-corrected chi connectivity index (χ1v) is 10.8. The third kappa shape index (κ3) is 10.2. The number of guanidine groups is 1. The van der Waals surface area contributed by atoms with Crippen molar-refractivity contribution in [1.29, 1.82) is 0 Å². The Labute approximate surface area is 204 Å². The van der Waals surface area contributed by atoms with Gasteiger partial charge in [-0.3, -0.25) is 24.2 Å². The van der Waals surface area contributed by atoms with Gasteiger partial charge < -0.3 is 38.3 Å². The first-order valence-electron chi connectivity index (χ1n) is 10.8. The zero-order valence-corrected chi connectivity index (χ0v) is 19.3. The Morgan fingerprint density at radius 3 is 2.25 bits per heavy atom. The van der Waals surface area contributed by atoms with Crippen LogP contribution in [0.4, 0.5) is 13.2 Å². The molecular weight excluding hydrogens is 487 g/mol. The van der Waals surface area contributed by atoms with Crippen LogP contribution >= 0.6 is 0 Å². The number of carboxylic acid groups (broad SMARTS) is 1. The van der Waals surface area contributed by atoms with Crippen molar-refractivity contribution >= 4 is 29.7 Å². The van der Waals surface area contributed by atoms with E-state index in [9.17, 15) is 32.3 Å². The second-order valence-electron chi connectivity index (χ2n) is 7.81. The van der Waals surface area contributed by atoms with Crippen molar-refractivity contribution in [3.63, 3.8) is 0 Å². The molecule has 1 rings (SSSR count). The molecule has 0 bridgehead atoms. The van der Waals surface area contributed by atoms with Crippen molar-refractivity contribution in [3.05, 3.63) is 35.9 Å². The number of nitrogens with one attached hydrogen (secondary N) is 3. The minimum Gasteiger partial charge on any atom is -0.481 e. The van der Waals surface area contributed by atoms with Crippen LogP contribution in [0, 0.1) is 0 Å². The Bertz CT molecular complexity index is 940. The van der Waals surface area contributed by atoms with E-state index in [1.807, 2.05) is 18.2 Å². The quantitative estimate of drug-likeness (QED) is 0.0895. The molecule has 12 nitrogen and oxygen atoms in total. The lowest BCUT2D eigenvalue weighted by Gasteiger charge is -2.30. The molecule has 0 spiro atoms. The lowest BCUT2D eigenvalue weighted by Crippen LogP contribution is -2.64. The maximum absolute atomic E-state index is 13.5. The zero-order chi connectivity index (χ0) is 27.4. The van der Waals surface area contributed by atoms with Gasteiger partial charge in [0.05, 0.1) is 13.0 Å². The Hall–Kier alpha value is -3.88. The first-order chi connectivity index (χ1) is 16.8. The van der Waals surface area contributed by atoms with Gasteiger partial charge in [-0.1, -0.05) is 30.3 Å². The van der Waals surface area contributed by atoms with Crippen LogP contribution < -0.4 is 33.2 Å². The summed E-state index contributed by atoms with van der Waals surface area (Å²) in [7, 11) is 0. The van der Waals surface area contributed by atoms with Gasteiger partial charge in [-0.15, -0.1) is 0 Å². The maximum Gasteiger partial charge on any atom is 0.415 e. The molecule has 10 N–H and O–H groups in total. The SMILES string of the molecule is NC(N)=NCCC[C@@](N)(C(=O)NCC(=O)N[C@@H](CC(=O)O)C(=O)NCCc1ccccc1)C(F)(F)F. The van der Waals surface area contributed by atoms with E-state index >= 15 is 0 Å². The molecule has 0 saturated carbocycles. The van der Waals surface area contributed by atoms with Gasteiger partial charge in [0.2, 0.25) is 17.7 Å². The molecule has 0 radical (unpaired) electrons. The topological polar surface area (TPSA) is 215 Å². The Balaban J connectivity index is 2.70. The van der Waals surface area contributed by atoms with E-state index in [1.165, 1.54) is 0 Å². The number of carboxylic acids is 1. The molecule has 0 aliphatic carbocycles. The molecule has 1 aromatic carbocycles. The zero-order valence-electron chi connectivity index (χ0n) is 19.3. The highest BCUT2D eigenvalue weighted by molar-refractivity contribution is 5.94. The fourth-order valence-corrected chi connectivity index (χ4v) is 3.00. The normalized spacial score (nSPS) is 13.6. The number of benzene rings is 1. The van der Waals surface area contributed by atoms with Gasteiger partial charge in [-0.05, 0) is 24.8 Å². The molecule has 0 saturated heterocycles. The number of amides is 3. The third-order valence-electron chi connectivity index (χ3n) is 4.93. The van der Waals surface area contributed by atoms with Gasteiger partial charge in [-0.25, -0.2) is 0 Å². The van der Waals surface area contributed by atoms with E-state index in [4.69, 9.17) is 22.3 Å². The lowest BCUT2D eigenvalue weighted by molar-refractivity contribution is -0.193. The van der Waals surface area contributed by atoms with E-state index < -0.39 is 60.8 Å². The first kappa shape index (κ1) is 30.2. The van der Waals surface area contributed by atoms with Crippen LogP contribution in [0.5, 0.6) is 0 Å². The molecule has 15 heteroatoms. The standard InChI is InChI=1S/C21H30F3N7O5/c22-21(23,24)20(27,8-4-9-29-19(25)26)18(36)30-12-15(32)31-14(11-16(33)34)17(35)28-10-7-13-5-2-1-3-6-13/h1-3,5-6,14H,4,7-12,27H2,(H,28,35)(H,30,36)(H,31,32)(H,33,34)(H4,25,26,29)/t14-,20+/m0/s1. The lowest BCUT2D eigenvalue weighted by atomic mass is 9.92. The molecule has 0 aliphatic heterocycles. The molecule has 0 aliphatic rings. The molecule has 200 valence electrons. The summed E-state index contributed by atoms with van der Waals surface area (Å²) in [5, 5.41) is 15.4. The largest absolute Gasteiger partial charge is 0.481 e. The average Bonchev–Trinajstić information content (AvgIpc) is 2.79. The number of aliphatic imine (C=N–C) groups is 1. The average molecular weight is 518 g/mol. The van der Waals surface area contributed by atoms with E-state index in [0.29, 0.717) is 6.42 Å². The maximum atomic E-state index is 13.5. The Morgan fingerprint density at radius 2 is 1.69 bits per heavy atom. The van der Waals surface area contributed by atoms with Crippen molar-refractivity contribution in [2.45, 2.75) is 43.4 Å². The number of carbonyl (C=O) groups excluding carboxylic acids is 3. The fourth-order valence-electron chi connectivity index (χ4n) is 3.00. The number of alkyl halides is 3.